The molecular formula is C20H20FNO5. The van der Waals surface area contributed by atoms with Crippen molar-refractivity contribution in [3.05, 3.63) is 59.9 Å². The number of rotatable bonds is 6. The Morgan fingerprint density at radius 1 is 1.19 bits per heavy atom. The molecule has 1 aliphatic heterocycles. The number of carbonyl (C=O) groups is 2. The molecule has 1 aliphatic rings. The number of halogens is 1. The van der Waals surface area contributed by atoms with Gasteiger partial charge in [0, 0.05) is 6.54 Å². The van der Waals surface area contributed by atoms with Crippen LogP contribution in [0.4, 0.5) is 4.39 Å². The highest BCUT2D eigenvalue weighted by molar-refractivity contribution is 5.84. The first-order valence-electron chi connectivity index (χ1n) is 8.64. The average molecular weight is 373 g/mol. The van der Waals surface area contributed by atoms with Crippen LogP contribution in [0.5, 0.6) is 11.5 Å². The van der Waals surface area contributed by atoms with Gasteiger partial charge in [0.25, 0.3) is 5.91 Å². The van der Waals surface area contributed by atoms with Crippen molar-refractivity contribution in [3.63, 3.8) is 0 Å². The number of fused-ring (bicyclic) bond motifs is 1. The second-order valence-electron chi connectivity index (χ2n) is 6.11. The lowest BCUT2D eigenvalue weighted by molar-refractivity contribution is -0.163. The molecule has 1 amide bonds. The Bertz CT molecular complexity index is 808. The number of hydrogen-bond acceptors (Lipinski definition) is 5. The van der Waals surface area contributed by atoms with E-state index in [0.717, 1.165) is 5.56 Å². The molecule has 142 valence electrons. The van der Waals surface area contributed by atoms with Crippen molar-refractivity contribution in [2.45, 2.75) is 25.6 Å². The predicted octanol–water partition coefficient (Wildman–Crippen LogP) is 2.26. The van der Waals surface area contributed by atoms with E-state index in [9.17, 15) is 14.0 Å². The van der Waals surface area contributed by atoms with Crippen LogP contribution in [0.15, 0.2) is 48.5 Å². The van der Waals surface area contributed by atoms with Crippen molar-refractivity contribution < 1.29 is 28.2 Å². The van der Waals surface area contributed by atoms with Gasteiger partial charge >= 0.3 is 5.97 Å². The summed E-state index contributed by atoms with van der Waals surface area (Å²) in [5.74, 6) is -0.358. The quantitative estimate of drug-likeness (QED) is 0.787. The molecule has 1 N–H and O–H groups in total. The molecule has 1 heterocycles. The van der Waals surface area contributed by atoms with Crippen LogP contribution in [-0.2, 0) is 20.7 Å². The molecule has 0 fully saturated rings. The standard InChI is InChI=1S/C20H20FNO5/c1-13(19(23)22-11-10-14-6-8-15(21)9-7-14)26-20(24)18-12-25-16-4-2-3-5-17(16)27-18/h2-9,13,18H,10-12H2,1H3,(H,22,23)/t13-,18-/m1/s1. The third-order valence-corrected chi connectivity index (χ3v) is 4.06. The number of nitrogens with one attached hydrogen (secondary N) is 1. The van der Waals surface area contributed by atoms with Gasteiger partial charge in [0.1, 0.15) is 12.4 Å². The first kappa shape index (κ1) is 18.7. The van der Waals surface area contributed by atoms with Gasteiger partial charge in [-0.2, -0.15) is 0 Å². The summed E-state index contributed by atoms with van der Waals surface area (Å²) in [4.78, 5) is 24.3. The zero-order valence-corrected chi connectivity index (χ0v) is 14.8. The number of amides is 1. The van der Waals surface area contributed by atoms with Crippen LogP contribution in [0.25, 0.3) is 0 Å². The topological polar surface area (TPSA) is 73.9 Å². The van der Waals surface area contributed by atoms with Crippen LogP contribution in [0.2, 0.25) is 0 Å². The lowest BCUT2D eigenvalue weighted by atomic mass is 10.1. The molecule has 2 aromatic rings. The highest BCUT2D eigenvalue weighted by Gasteiger charge is 2.31. The molecule has 2 aromatic carbocycles. The van der Waals surface area contributed by atoms with Gasteiger partial charge in [-0.3, -0.25) is 4.79 Å². The maximum atomic E-state index is 12.9. The van der Waals surface area contributed by atoms with Crippen LogP contribution in [0, 0.1) is 5.82 Å². The molecule has 0 spiro atoms. The summed E-state index contributed by atoms with van der Waals surface area (Å²) in [5.41, 5.74) is 0.896. The zero-order chi connectivity index (χ0) is 19.2. The van der Waals surface area contributed by atoms with Crippen LogP contribution in [-0.4, -0.2) is 37.2 Å². The Morgan fingerprint density at radius 3 is 2.63 bits per heavy atom. The van der Waals surface area contributed by atoms with Gasteiger partial charge in [-0.25, -0.2) is 9.18 Å². The first-order valence-corrected chi connectivity index (χ1v) is 8.64. The summed E-state index contributed by atoms with van der Waals surface area (Å²) in [6.07, 6.45) is -1.34. The second kappa shape index (κ2) is 8.53. The van der Waals surface area contributed by atoms with E-state index in [0.29, 0.717) is 24.5 Å². The second-order valence-corrected chi connectivity index (χ2v) is 6.11. The Balaban J connectivity index is 1.44. The van der Waals surface area contributed by atoms with Gasteiger partial charge in [0.15, 0.2) is 17.6 Å². The third-order valence-electron chi connectivity index (χ3n) is 4.06. The number of carbonyl (C=O) groups excluding carboxylic acids is 2. The average Bonchev–Trinajstić information content (AvgIpc) is 2.69. The molecule has 0 aliphatic carbocycles. The van der Waals surface area contributed by atoms with Crippen LogP contribution >= 0.6 is 0 Å². The Morgan fingerprint density at radius 2 is 1.89 bits per heavy atom. The summed E-state index contributed by atoms with van der Waals surface area (Å²) >= 11 is 0. The van der Waals surface area contributed by atoms with Gasteiger partial charge in [-0.1, -0.05) is 24.3 Å². The van der Waals surface area contributed by atoms with E-state index in [1.807, 2.05) is 0 Å². The van der Waals surface area contributed by atoms with Crippen LogP contribution in [0.1, 0.15) is 12.5 Å². The predicted molar refractivity (Wildman–Crippen MR) is 95.0 cm³/mol. The monoisotopic (exact) mass is 373 g/mol. The van der Waals surface area contributed by atoms with Crippen molar-refractivity contribution in [2.75, 3.05) is 13.2 Å². The lowest BCUT2D eigenvalue weighted by Crippen LogP contribution is -2.43. The van der Waals surface area contributed by atoms with Gasteiger partial charge in [-0.05, 0) is 43.2 Å². The smallest absolute Gasteiger partial charge is 0.351 e. The fraction of sp³-hybridized carbons (Fsp3) is 0.300. The highest BCUT2D eigenvalue weighted by atomic mass is 19.1. The minimum absolute atomic E-state index is 0.0226. The number of para-hydroxylation sites is 2. The maximum Gasteiger partial charge on any atom is 0.351 e. The molecule has 0 saturated carbocycles. The first-order chi connectivity index (χ1) is 13.0. The zero-order valence-electron chi connectivity index (χ0n) is 14.8. The summed E-state index contributed by atoms with van der Waals surface area (Å²) in [6, 6.07) is 13.1. The molecule has 3 rings (SSSR count). The van der Waals surface area contributed by atoms with Gasteiger partial charge in [0.2, 0.25) is 6.10 Å². The molecule has 6 nitrogen and oxygen atoms in total. The Hall–Kier alpha value is -3.09. The molecule has 27 heavy (non-hydrogen) atoms. The van der Waals surface area contributed by atoms with Crippen molar-refractivity contribution >= 4 is 11.9 Å². The van der Waals surface area contributed by atoms with Gasteiger partial charge < -0.3 is 19.5 Å². The maximum absolute atomic E-state index is 12.9. The van der Waals surface area contributed by atoms with Crippen LogP contribution < -0.4 is 14.8 Å². The fourth-order valence-corrected chi connectivity index (χ4v) is 2.56. The van der Waals surface area contributed by atoms with Crippen molar-refractivity contribution in [1.82, 2.24) is 5.32 Å². The molecule has 7 heteroatoms. The largest absolute Gasteiger partial charge is 0.485 e. The normalized spacial score (nSPS) is 16.3. The van der Waals surface area contributed by atoms with Gasteiger partial charge in [0.05, 0.1) is 0 Å². The molecule has 2 atom stereocenters. The number of benzene rings is 2. The number of hydrogen-bond donors (Lipinski definition) is 1. The lowest BCUT2D eigenvalue weighted by Gasteiger charge is -2.25. The molecule has 0 unspecified atom stereocenters. The van der Waals surface area contributed by atoms with E-state index >= 15 is 0 Å². The van der Waals surface area contributed by atoms with E-state index in [4.69, 9.17) is 14.2 Å². The third kappa shape index (κ3) is 4.97. The summed E-state index contributed by atoms with van der Waals surface area (Å²) in [5, 5.41) is 2.69. The van der Waals surface area contributed by atoms with E-state index in [1.54, 1.807) is 36.4 Å². The minimum atomic E-state index is -0.966. The van der Waals surface area contributed by atoms with E-state index < -0.39 is 24.1 Å². The highest BCUT2D eigenvalue weighted by Crippen LogP contribution is 2.31. The van der Waals surface area contributed by atoms with Crippen LogP contribution in [0.3, 0.4) is 0 Å². The number of esters is 1. The fourth-order valence-electron chi connectivity index (χ4n) is 2.56. The molecular weight excluding hydrogens is 353 g/mol. The Kier molecular flexibility index (Phi) is 5.90. The molecule has 0 radical (unpaired) electrons. The summed E-state index contributed by atoms with van der Waals surface area (Å²) in [6.45, 7) is 1.86. The van der Waals surface area contributed by atoms with Gasteiger partial charge in [-0.15, -0.1) is 0 Å². The number of ether oxygens (including phenoxy) is 3. The molecule has 0 bridgehead atoms. The summed E-state index contributed by atoms with van der Waals surface area (Å²) in [7, 11) is 0. The van der Waals surface area contributed by atoms with E-state index in [-0.39, 0.29) is 12.4 Å². The van der Waals surface area contributed by atoms with Crippen molar-refractivity contribution in [3.8, 4) is 11.5 Å². The van der Waals surface area contributed by atoms with Crippen molar-refractivity contribution in [2.24, 2.45) is 0 Å². The summed E-state index contributed by atoms with van der Waals surface area (Å²) < 4.78 is 29.1. The van der Waals surface area contributed by atoms with E-state index in [2.05, 4.69) is 5.32 Å². The Labute approximate surface area is 156 Å². The minimum Gasteiger partial charge on any atom is -0.485 e. The molecule has 0 saturated heterocycles. The van der Waals surface area contributed by atoms with E-state index in [1.165, 1.54) is 19.1 Å². The molecule has 0 aromatic heterocycles. The SMILES string of the molecule is C[C@@H](OC(=O)[C@H]1COc2ccccc2O1)C(=O)NCCc1ccc(F)cc1. The van der Waals surface area contributed by atoms with Crippen molar-refractivity contribution in [1.29, 1.82) is 0 Å².